The predicted molar refractivity (Wildman–Crippen MR) is 52.3 cm³/mol. The lowest BCUT2D eigenvalue weighted by Gasteiger charge is -2.36. The van der Waals surface area contributed by atoms with Crippen LogP contribution in [0.5, 0.6) is 0 Å². The van der Waals surface area contributed by atoms with E-state index in [4.69, 9.17) is 4.74 Å². The van der Waals surface area contributed by atoms with Gasteiger partial charge < -0.3 is 4.74 Å². The minimum absolute atomic E-state index is 0.247. The van der Waals surface area contributed by atoms with Crippen LogP contribution in [-0.2, 0) is 9.53 Å². The maximum Gasteiger partial charge on any atom is 0.330 e. The molecule has 2 unspecified atom stereocenters. The van der Waals surface area contributed by atoms with Crippen LogP contribution in [0.2, 0.25) is 0 Å². The lowest BCUT2D eigenvalue weighted by atomic mass is 9.80. The largest absolute Gasteiger partial charge is 0.456 e. The number of esters is 1. The molecule has 0 bridgehead atoms. The van der Waals surface area contributed by atoms with Crippen molar-refractivity contribution in [1.29, 1.82) is 0 Å². The Bertz CT molecular complexity index is 210. The van der Waals surface area contributed by atoms with E-state index < -0.39 is 0 Å². The highest BCUT2D eigenvalue weighted by Crippen LogP contribution is 2.34. The molecule has 2 nitrogen and oxygen atoms in total. The molecule has 13 heavy (non-hydrogen) atoms. The van der Waals surface area contributed by atoms with E-state index in [1.54, 1.807) is 0 Å². The molecular weight excluding hydrogens is 164 g/mol. The van der Waals surface area contributed by atoms with E-state index in [1.165, 1.54) is 12.5 Å². The third kappa shape index (κ3) is 2.87. The number of hydrogen-bond acceptors (Lipinski definition) is 2. The molecule has 0 amide bonds. The van der Waals surface area contributed by atoms with Crippen LogP contribution in [0, 0.1) is 5.92 Å². The average Bonchev–Trinajstić information content (AvgIpc) is 2.02. The van der Waals surface area contributed by atoms with Crippen LogP contribution in [0.4, 0.5) is 0 Å². The lowest BCUT2D eigenvalue weighted by molar-refractivity contribution is -0.156. The van der Waals surface area contributed by atoms with E-state index in [0.717, 1.165) is 19.3 Å². The molecule has 0 heterocycles. The van der Waals surface area contributed by atoms with Gasteiger partial charge in [-0.3, -0.25) is 0 Å². The van der Waals surface area contributed by atoms with Crippen molar-refractivity contribution >= 4 is 5.97 Å². The van der Waals surface area contributed by atoms with Crippen molar-refractivity contribution in [1.82, 2.24) is 0 Å². The fourth-order valence-corrected chi connectivity index (χ4v) is 2.14. The zero-order chi connectivity index (χ0) is 9.90. The molecule has 0 aromatic heterocycles. The second-order valence-electron chi connectivity index (χ2n) is 4.28. The molecule has 0 aromatic carbocycles. The van der Waals surface area contributed by atoms with Crippen molar-refractivity contribution in [2.45, 2.75) is 45.1 Å². The van der Waals surface area contributed by atoms with Gasteiger partial charge in [0.15, 0.2) is 0 Å². The number of hydrogen-bond donors (Lipinski definition) is 0. The van der Waals surface area contributed by atoms with Gasteiger partial charge in [0, 0.05) is 6.08 Å². The van der Waals surface area contributed by atoms with Crippen molar-refractivity contribution in [2.75, 3.05) is 0 Å². The van der Waals surface area contributed by atoms with Gasteiger partial charge in [0.1, 0.15) is 5.60 Å². The first-order valence-corrected chi connectivity index (χ1v) is 4.91. The highest BCUT2D eigenvalue weighted by atomic mass is 16.6. The van der Waals surface area contributed by atoms with Gasteiger partial charge >= 0.3 is 5.97 Å². The molecule has 0 radical (unpaired) electrons. The molecule has 2 atom stereocenters. The monoisotopic (exact) mass is 182 g/mol. The Morgan fingerprint density at radius 1 is 1.69 bits per heavy atom. The van der Waals surface area contributed by atoms with Gasteiger partial charge in [0.25, 0.3) is 0 Å². The van der Waals surface area contributed by atoms with Gasteiger partial charge in [0.05, 0.1) is 0 Å². The molecule has 0 saturated heterocycles. The van der Waals surface area contributed by atoms with Gasteiger partial charge in [0.2, 0.25) is 0 Å². The maximum absolute atomic E-state index is 11.1. The molecule has 74 valence electrons. The summed E-state index contributed by atoms with van der Waals surface area (Å²) in [6.07, 6.45) is 5.61. The maximum atomic E-state index is 11.1. The fraction of sp³-hybridized carbons (Fsp3) is 0.727. The molecule has 0 aliphatic heterocycles. The number of carbonyl (C=O) groups is 1. The summed E-state index contributed by atoms with van der Waals surface area (Å²) in [7, 11) is 0. The Morgan fingerprint density at radius 2 is 2.38 bits per heavy atom. The van der Waals surface area contributed by atoms with Crippen LogP contribution in [-0.4, -0.2) is 11.6 Å². The molecule has 1 rings (SSSR count). The van der Waals surface area contributed by atoms with Crippen molar-refractivity contribution in [3.05, 3.63) is 12.7 Å². The van der Waals surface area contributed by atoms with Crippen LogP contribution in [0.15, 0.2) is 12.7 Å². The number of rotatable bonds is 2. The van der Waals surface area contributed by atoms with Crippen LogP contribution in [0.1, 0.15) is 39.5 Å². The Labute approximate surface area is 80.0 Å². The van der Waals surface area contributed by atoms with Gasteiger partial charge in [-0.15, -0.1) is 0 Å². The zero-order valence-corrected chi connectivity index (χ0v) is 8.51. The molecule has 1 aliphatic carbocycles. The SMILES string of the molecule is C=CC(=O)OC1(C)CCCC(C)C1. The Balaban J connectivity index is 2.53. The topological polar surface area (TPSA) is 26.3 Å². The van der Waals surface area contributed by atoms with E-state index >= 15 is 0 Å². The summed E-state index contributed by atoms with van der Waals surface area (Å²) in [5.74, 6) is 0.368. The molecule has 0 N–H and O–H groups in total. The first-order chi connectivity index (χ1) is 6.06. The van der Waals surface area contributed by atoms with E-state index in [1.807, 2.05) is 6.92 Å². The molecule has 1 fully saturated rings. The molecule has 1 aliphatic rings. The third-order valence-electron chi connectivity index (χ3n) is 2.70. The molecule has 1 saturated carbocycles. The van der Waals surface area contributed by atoms with E-state index in [0.29, 0.717) is 5.92 Å². The van der Waals surface area contributed by atoms with Crippen LogP contribution < -0.4 is 0 Å². The van der Waals surface area contributed by atoms with Crippen molar-refractivity contribution < 1.29 is 9.53 Å². The van der Waals surface area contributed by atoms with Crippen molar-refractivity contribution in [3.8, 4) is 0 Å². The molecular formula is C11H18O2. The average molecular weight is 182 g/mol. The quantitative estimate of drug-likeness (QED) is 0.485. The number of carbonyl (C=O) groups excluding carboxylic acids is 1. The summed E-state index contributed by atoms with van der Waals surface area (Å²) in [4.78, 5) is 11.1. The minimum Gasteiger partial charge on any atom is -0.456 e. The second-order valence-corrected chi connectivity index (χ2v) is 4.28. The second kappa shape index (κ2) is 3.95. The number of ether oxygens (including phenoxy) is 1. The van der Waals surface area contributed by atoms with Crippen LogP contribution >= 0.6 is 0 Å². The summed E-state index contributed by atoms with van der Waals surface area (Å²) in [5, 5.41) is 0. The normalized spacial score (nSPS) is 33.8. The predicted octanol–water partition coefficient (Wildman–Crippen LogP) is 2.68. The van der Waals surface area contributed by atoms with Gasteiger partial charge in [-0.05, 0) is 32.1 Å². The zero-order valence-electron chi connectivity index (χ0n) is 8.51. The summed E-state index contributed by atoms with van der Waals surface area (Å²) in [6, 6.07) is 0. The van der Waals surface area contributed by atoms with E-state index in [-0.39, 0.29) is 11.6 Å². The van der Waals surface area contributed by atoms with Gasteiger partial charge in [-0.25, -0.2) is 4.79 Å². The van der Waals surface area contributed by atoms with Crippen LogP contribution in [0.3, 0.4) is 0 Å². The Hall–Kier alpha value is -0.790. The Kier molecular flexibility index (Phi) is 3.12. The minimum atomic E-state index is -0.295. The van der Waals surface area contributed by atoms with E-state index in [9.17, 15) is 4.79 Å². The molecule has 0 spiro atoms. The first-order valence-electron chi connectivity index (χ1n) is 4.91. The van der Waals surface area contributed by atoms with Crippen molar-refractivity contribution in [2.24, 2.45) is 5.92 Å². The summed E-state index contributed by atoms with van der Waals surface area (Å²) < 4.78 is 5.34. The highest BCUT2D eigenvalue weighted by molar-refractivity contribution is 5.81. The summed E-state index contributed by atoms with van der Waals surface area (Å²) in [5.41, 5.74) is -0.247. The fourth-order valence-electron chi connectivity index (χ4n) is 2.14. The third-order valence-corrected chi connectivity index (χ3v) is 2.70. The first kappa shape index (κ1) is 10.3. The van der Waals surface area contributed by atoms with Gasteiger partial charge in [-0.2, -0.15) is 0 Å². The molecule has 0 aromatic rings. The smallest absolute Gasteiger partial charge is 0.330 e. The van der Waals surface area contributed by atoms with Crippen LogP contribution in [0.25, 0.3) is 0 Å². The summed E-state index contributed by atoms with van der Waals surface area (Å²) >= 11 is 0. The standard InChI is InChI=1S/C11H18O2/c1-4-10(12)13-11(3)7-5-6-9(2)8-11/h4,9H,1,5-8H2,2-3H3. The lowest BCUT2D eigenvalue weighted by Crippen LogP contribution is -2.36. The van der Waals surface area contributed by atoms with Crippen molar-refractivity contribution in [3.63, 3.8) is 0 Å². The van der Waals surface area contributed by atoms with Gasteiger partial charge in [-0.1, -0.05) is 19.9 Å². The summed E-state index contributed by atoms with van der Waals surface area (Å²) in [6.45, 7) is 7.63. The Morgan fingerprint density at radius 3 is 2.92 bits per heavy atom. The highest BCUT2D eigenvalue weighted by Gasteiger charge is 2.33. The molecule has 2 heteroatoms. The van der Waals surface area contributed by atoms with E-state index in [2.05, 4.69) is 13.5 Å².